The van der Waals surface area contributed by atoms with E-state index in [1.807, 2.05) is 51.1 Å². The third-order valence-electron chi connectivity index (χ3n) is 3.94. The second kappa shape index (κ2) is 8.14. The first kappa shape index (κ1) is 18.8. The molecule has 5 nitrogen and oxygen atoms in total. The molecule has 0 saturated heterocycles. The molecule has 0 saturated carbocycles. The fraction of sp³-hybridized carbons (Fsp3) is 0.190. The summed E-state index contributed by atoms with van der Waals surface area (Å²) in [6, 6.07) is 16.9. The third-order valence-corrected chi connectivity index (χ3v) is 5.14. The maximum atomic E-state index is 12.7. The lowest BCUT2D eigenvalue weighted by Crippen LogP contribution is -2.18. The van der Waals surface area contributed by atoms with Crippen molar-refractivity contribution < 1.29 is 9.59 Å². The van der Waals surface area contributed by atoms with Crippen LogP contribution in [-0.4, -0.2) is 16.8 Å². The zero-order valence-corrected chi connectivity index (χ0v) is 16.3. The molecule has 0 atom stereocenters. The lowest BCUT2D eigenvalue weighted by atomic mass is 10.2. The van der Waals surface area contributed by atoms with E-state index in [0.717, 1.165) is 10.6 Å². The zero-order valence-electron chi connectivity index (χ0n) is 15.4. The van der Waals surface area contributed by atoms with Crippen molar-refractivity contribution in [2.45, 2.75) is 20.8 Å². The van der Waals surface area contributed by atoms with Gasteiger partial charge in [-0.2, -0.15) is 0 Å². The normalized spacial score (nSPS) is 10.7. The highest BCUT2D eigenvalue weighted by atomic mass is 32.1. The molecular weight excluding hydrogens is 358 g/mol. The Morgan fingerprint density at radius 1 is 0.963 bits per heavy atom. The Morgan fingerprint density at radius 3 is 2.30 bits per heavy atom. The van der Waals surface area contributed by atoms with Gasteiger partial charge < -0.3 is 10.6 Å². The Bertz CT molecular complexity index is 965. The molecule has 0 radical (unpaired) electrons. The standard InChI is InChI=1S/C21H21N3O2S/c1-13(2)19(25)23-16-10-7-11-17(12-16)24-20(26)18-14(3)22-21(27-18)15-8-5-4-6-9-15/h4-13H,1-3H3,(H,23,25)(H,24,26). The molecule has 0 unspecified atom stereocenters. The van der Waals surface area contributed by atoms with E-state index in [1.54, 1.807) is 24.3 Å². The van der Waals surface area contributed by atoms with E-state index in [0.29, 0.717) is 21.9 Å². The summed E-state index contributed by atoms with van der Waals surface area (Å²) in [7, 11) is 0. The highest BCUT2D eigenvalue weighted by molar-refractivity contribution is 7.17. The molecule has 0 aliphatic rings. The van der Waals surface area contributed by atoms with Crippen molar-refractivity contribution in [1.82, 2.24) is 4.98 Å². The lowest BCUT2D eigenvalue weighted by molar-refractivity contribution is -0.118. The van der Waals surface area contributed by atoms with Gasteiger partial charge in [0, 0.05) is 22.9 Å². The minimum atomic E-state index is -0.209. The van der Waals surface area contributed by atoms with Gasteiger partial charge in [-0.25, -0.2) is 4.98 Å². The molecule has 138 valence electrons. The smallest absolute Gasteiger partial charge is 0.267 e. The Balaban J connectivity index is 1.76. The molecule has 0 aliphatic heterocycles. The summed E-state index contributed by atoms with van der Waals surface area (Å²) in [6.45, 7) is 5.49. The van der Waals surface area contributed by atoms with Gasteiger partial charge >= 0.3 is 0 Å². The predicted octanol–water partition coefficient (Wildman–Crippen LogP) is 4.97. The van der Waals surface area contributed by atoms with Gasteiger partial charge in [-0.15, -0.1) is 11.3 Å². The van der Waals surface area contributed by atoms with E-state index in [-0.39, 0.29) is 17.7 Å². The van der Waals surface area contributed by atoms with Crippen molar-refractivity contribution in [3.05, 3.63) is 65.2 Å². The van der Waals surface area contributed by atoms with E-state index >= 15 is 0 Å². The zero-order chi connectivity index (χ0) is 19.4. The molecule has 2 aromatic carbocycles. The number of hydrogen-bond acceptors (Lipinski definition) is 4. The van der Waals surface area contributed by atoms with Crippen LogP contribution in [0.5, 0.6) is 0 Å². The summed E-state index contributed by atoms with van der Waals surface area (Å²) in [5, 5.41) is 6.53. The maximum absolute atomic E-state index is 12.7. The molecule has 27 heavy (non-hydrogen) atoms. The van der Waals surface area contributed by atoms with Gasteiger partial charge in [-0.3, -0.25) is 9.59 Å². The number of aromatic nitrogens is 1. The van der Waals surface area contributed by atoms with Gasteiger partial charge in [0.2, 0.25) is 5.91 Å². The average molecular weight is 379 g/mol. The van der Waals surface area contributed by atoms with Crippen LogP contribution in [0.25, 0.3) is 10.6 Å². The number of benzene rings is 2. The number of aryl methyl sites for hydroxylation is 1. The Kier molecular flexibility index (Phi) is 5.66. The minimum absolute atomic E-state index is 0.0655. The molecule has 0 bridgehead atoms. The van der Waals surface area contributed by atoms with Crippen LogP contribution in [0.4, 0.5) is 11.4 Å². The van der Waals surface area contributed by atoms with Crippen LogP contribution in [0, 0.1) is 12.8 Å². The van der Waals surface area contributed by atoms with Crippen LogP contribution in [0.1, 0.15) is 29.2 Å². The molecule has 0 spiro atoms. The number of nitrogens with one attached hydrogen (secondary N) is 2. The van der Waals surface area contributed by atoms with E-state index in [9.17, 15) is 9.59 Å². The summed E-state index contributed by atoms with van der Waals surface area (Å²) in [4.78, 5) is 29.6. The summed E-state index contributed by atoms with van der Waals surface area (Å²) < 4.78 is 0. The lowest BCUT2D eigenvalue weighted by Gasteiger charge is -2.10. The number of anilines is 2. The first-order chi connectivity index (χ1) is 12.9. The van der Waals surface area contributed by atoms with Gasteiger partial charge in [0.25, 0.3) is 5.91 Å². The average Bonchev–Trinajstić information content (AvgIpc) is 3.04. The van der Waals surface area contributed by atoms with Crippen molar-refractivity contribution in [3.63, 3.8) is 0 Å². The Labute approximate surface area is 162 Å². The van der Waals surface area contributed by atoms with E-state index in [4.69, 9.17) is 0 Å². The van der Waals surface area contributed by atoms with Crippen LogP contribution in [0.15, 0.2) is 54.6 Å². The van der Waals surface area contributed by atoms with E-state index < -0.39 is 0 Å². The maximum Gasteiger partial charge on any atom is 0.267 e. The Hall–Kier alpha value is -2.99. The number of thiazole rings is 1. The van der Waals surface area contributed by atoms with Gasteiger partial charge in [-0.1, -0.05) is 50.2 Å². The molecule has 1 heterocycles. The van der Waals surface area contributed by atoms with Crippen LogP contribution < -0.4 is 10.6 Å². The minimum Gasteiger partial charge on any atom is -0.326 e. The first-order valence-electron chi connectivity index (χ1n) is 8.69. The second-order valence-corrected chi connectivity index (χ2v) is 7.48. The summed E-state index contributed by atoms with van der Waals surface area (Å²) >= 11 is 1.37. The highest BCUT2D eigenvalue weighted by Gasteiger charge is 2.16. The number of rotatable bonds is 5. The van der Waals surface area contributed by atoms with Gasteiger partial charge in [0.15, 0.2) is 0 Å². The SMILES string of the molecule is Cc1nc(-c2ccccc2)sc1C(=O)Nc1cccc(NC(=O)C(C)C)c1. The number of amides is 2. The molecular formula is C21H21N3O2S. The van der Waals surface area contributed by atoms with Crippen LogP contribution >= 0.6 is 11.3 Å². The predicted molar refractivity (Wildman–Crippen MR) is 110 cm³/mol. The number of hydrogen-bond donors (Lipinski definition) is 2. The largest absolute Gasteiger partial charge is 0.326 e. The first-order valence-corrected chi connectivity index (χ1v) is 9.51. The molecule has 3 rings (SSSR count). The fourth-order valence-corrected chi connectivity index (χ4v) is 3.43. The van der Waals surface area contributed by atoms with E-state index in [2.05, 4.69) is 15.6 Å². The summed E-state index contributed by atoms with van der Waals surface area (Å²) in [6.07, 6.45) is 0. The second-order valence-electron chi connectivity index (χ2n) is 6.48. The monoisotopic (exact) mass is 379 g/mol. The van der Waals surface area contributed by atoms with Crippen molar-refractivity contribution in [3.8, 4) is 10.6 Å². The molecule has 2 amide bonds. The number of carbonyl (C=O) groups is 2. The van der Waals surface area contributed by atoms with Crippen molar-refractivity contribution in [1.29, 1.82) is 0 Å². The third kappa shape index (κ3) is 4.60. The van der Waals surface area contributed by atoms with Crippen LogP contribution in [-0.2, 0) is 4.79 Å². The highest BCUT2D eigenvalue weighted by Crippen LogP contribution is 2.28. The van der Waals surface area contributed by atoms with Crippen molar-refractivity contribution in [2.75, 3.05) is 10.6 Å². The molecule has 2 N–H and O–H groups in total. The summed E-state index contributed by atoms with van der Waals surface area (Å²) in [5.74, 6) is -0.386. The molecule has 6 heteroatoms. The van der Waals surface area contributed by atoms with Crippen molar-refractivity contribution in [2.24, 2.45) is 5.92 Å². The van der Waals surface area contributed by atoms with Gasteiger partial charge in [0.05, 0.1) is 5.69 Å². The van der Waals surface area contributed by atoms with Crippen LogP contribution in [0.2, 0.25) is 0 Å². The van der Waals surface area contributed by atoms with Gasteiger partial charge in [-0.05, 0) is 25.1 Å². The van der Waals surface area contributed by atoms with E-state index in [1.165, 1.54) is 11.3 Å². The fourth-order valence-electron chi connectivity index (χ4n) is 2.46. The van der Waals surface area contributed by atoms with Gasteiger partial charge in [0.1, 0.15) is 9.88 Å². The quantitative estimate of drug-likeness (QED) is 0.658. The Morgan fingerprint density at radius 2 is 1.63 bits per heavy atom. The molecule has 3 aromatic rings. The molecule has 0 aliphatic carbocycles. The van der Waals surface area contributed by atoms with Crippen molar-refractivity contribution >= 4 is 34.5 Å². The molecule has 0 fully saturated rings. The topological polar surface area (TPSA) is 71.1 Å². The van der Waals surface area contributed by atoms with Crippen LogP contribution in [0.3, 0.4) is 0 Å². The number of nitrogens with zero attached hydrogens (tertiary/aromatic N) is 1. The summed E-state index contributed by atoms with van der Waals surface area (Å²) in [5.41, 5.74) is 2.96. The molecule has 1 aromatic heterocycles. The number of carbonyl (C=O) groups excluding carboxylic acids is 2.